The van der Waals surface area contributed by atoms with Crippen molar-refractivity contribution in [1.82, 2.24) is 15.2 Å². The van der Waals surface area contributed by atoms with Gasteiger partial charge in [0, 0.05) is 56.5 Å². The fraction of sp³-hybridized carbons (Fsp3) is 0.667. The molecule has 0 bridgehead atoms. The Balaban J connectivity index is 1.44. The molecular formula is C18H25N3O2. The first-order valence-electron chi connectivity index (χ1n) is 8.76. The maximum atomic E-state index is 12.1. The monoisotopic (exact) mass is 315 g/mol. The van der Waals surface area contributed by atoms with Crippen LogP contribution in [-0.2, 0) is 9.53 Å². The number of hydrogen-bond donors (Lipinski definition) is 1. The van der Waals surface area contributed by atoms with Crippen molar-refractivity contribution >= 4 is 5.91 Å². The minimum Gasteiger partial charge on any atom is -0.381 e. The summed E-state index contributed by atoms with van der Waals surface area (Å²) in [5.74, 6) is 1.18. The van der Waals surface area contributed by atoms with E-state index in [1.807, 2.05) is 12.4 Å². The number of hydrogen-bond acceptors (Lipinski definition) is 4. The van der Waals surface area contributed by atoms with Crippen molar-refractivity contribution in [3.05, 3.63) is 30.1 Å². The van der Waals surface area contributed by atoms with Crippen LogP contribution in [-0.4, -0.2) is 54.2 Å². The van der Waals surface area contributed by atoms with Gasteiger partial charge in [0.2, 0.25) is 5.91 Å². The summed E-state index contributed by atoms with van der Waals surface area (Å²) in [6.45, 7) is 5.11. The number of rotatable bonds is 3. The smallest absolute Gasteiger partial charge is 0.221 e. The number of aromatic nitrogens is 1. The zero-order valence-electron chi connectivity index (χ0n) is 13.5. The van der Waals surface area contributed by atoms with Crippen LogP contribution in [0.5, 0.6) is 0 Å². The molecule has 1 spiro atoms. The molecule has 4 heterocycles. The predicted molar refractivity (Wildman–Crippen MR) is 87.1 cm³/mol. The van der Waals surface area contributed by atoms with E-state index in [4.69, 9.17) is 4.74 Å². The van der Waals surface area contributed by atoms with Gasteiger partial charge in [0.15, 0.2) is 0 Å². The normalized spacial score (nSPS) is 30.7. The number of pyridine rings is 1. The van der Waals surface area contributed by atoms with Crippen LogP contribution in [0.15, 0.2) is 24.5 Å². The standard InChI is InChI=1S/C18H25N3O2/c22-17-11-16(15-1-6-19-7-2-15)18(20-17)4-8-21(9-5-18)12-14-3-10-23-13-14/h1-2,6-7,14,16H,3-5,8-13H2,(H,20,22)/t14-,16+/m1/s1. The highest BCUT2D eigenvalue weighted by atomic mass is 16.5. The van der Waals surface area contributed by atoms with E-state index in [2.05, 4.69) is 27.3 Å². The molecule has 3 aliphatic rings. The Morgan fingerprint density at radius 3 is 2.78 bits per heavy atom. The Morgan fingerprint density at radius 1 is 1.30 bits per heavy atom. The number of amides is 1. The van der Waals surface area contributed by atoms with E-state index in [0.29, 0.717) is 12.3 Å². The van der Waals surface area contributed by atoms with Crippen molar-refractivity contribution in [2.24, 2.45) is 5.92 Å². The Hall–Kier alpha value is -1.46. The number of likely N-dealkylation sites (tertiary alicyclic amines) is 1. The van der Waals surface area contributed by atoms with E-state index in [1.54, 1.807) is 0 Å². The molecule has 0 radical (unpaired) electrons. The largest absolute Gasteiger partial charge is 0.381 e. The Bertz CT molecular complexity index is 549. The molecule has 1 aromatic heterocycles. The quantitative estimate of drug-likeness (QED) is 0.920. The first-order chi connectivity index (χ1) is 11.3. The minimum atomic E-state index is -0.0545. The molecule has 0 saturated carbocycles. The van der Waals surface area contributed by atoms with Crippen molar-refractivity contribution in [3.8, 4) is 0 Å². The van der Waals surface area contributed by atoms with E-state index < -0.39 is 0 Å². The van der Waals surface area contributed by atoms with Crippen molar-refractivity contribution in [2.45, 2.75) is 37.1 Å². The topological polar surface area (TPSA) is 54.5 Å². The molecule has 4 rings (SSSR count). The van der Waals surface area contributed by atoms with Gasteiger partial charge < -0.3 is 15.0 Å². The Morgan fingerprint density at radius 2 is 2.09 bits per heavy atom. The third kappa shape index (κ3) is 3.00. The van der Waals surface area contributed by atoms with Crippen LogP contribution in [0.4, 0.5) is 0 Å². The molecule has 124 valence electrons. The zero-order chi connectivity index (χ0) is 15.7. The highest BCUT2D eigenvalue weighted by Gasteiger charge is 2.48. The van der Waals surface area contributed by atoms with Crippen LogP contribution in [0, 0.1) is 5.92 Å². The highest BCUT2D eigenvalue weighted by Crippen LogP contribution is 2.43. The van der Waals surface area contributed by atoms with Crippen molar-refractivity contribution < 1.29 is 9.53 Å². The average Bonchev–Trinajstić information content (AvgIpc) is 3.19. The molecule has 3 saturated heterocycles. The third-order valence-electron chi connectivity index (χ3n) is 5.84. The lowest BCUT2D eigenvalue weighted by molar-refractivity contribution is -0.120. The van der Waals surface area contributed by atoms with E-state index in [1.165, 1.54) is 12.0 Å². The molecule has 3 fully saturated rings. The van der Waals surface area contributed by atoms with Gasteiger partial charge in [0.1, 0.15) is 0 Å². The van der Waals surface area contributed by atoms with E-state index in [9.17, 15) is 4.79 Å². The molecule has 3 aliphatic heterocycles. The molecule has 23 heavy (non-hydrogen) atoms. The zero-order valence-corrected chi connectivity index (χ0v) is 13.5. The van der Waals surface area contributed by atoms with Crippen LogP contribution in [0.3, 0.4) is 0 Å². The predicted octanol–water partition coefficient (Wildman–Crippen LogP) is 1.56. The minimum absolute atomic E-state index is 0.0545. The molecule has 1 N–H and O–H groups in total. The van der Waals surface area contributed by atoms with Gasteiger partial charge in [-0.1, -0.05) is 0 Å². The molecule has 1 aromatic rings. The number of nitrogens with one attached hydrogen (secondary N) is 1. The molecule has 0 unspecified atom stereocenters. The Kier molecular flexibility index (Phi) is 4.07. The molecular weight excluding hydrogens is 290 g/mol. The van der Waals surface area contributed by atoms with Crippen LogP contribution in [0.2, 0.25) is 0 Å². The van der Waals surface area contributed by atoms with Crippen molar-refractivity contribution in [3.63, 3.8) is 0 Å². The number of carbonyl (C=O) groups excluding carboxylic acids is 1. The first-order valence-corrected chi connectivity index (χ1v) is 8.76. The summed E-state index contributed by atoms with van der Waals surface area (Å²) in [6.07, 6.45) is 7.55. The lowest BCUT2D eigenvalue weighted by atomic mass is 9.74. The first kappa shape index (κ1) is 15.1. The molecule has 5 heteroatoms. The fourth-order valence-electron chi connectivity index (χ4n) is 4.53. The molecule has 1 amide bonds. The lowest BCUT2D eigenvalue weighted by Gasteiger charge is -2.43. The van der Waals surface area contributed by atoms with E-state index >= 15 is 0 Å². The maximum absolute atomic E-state index is 12.1. The second kappa shape index (κ2) is 6.21. The van der Waals surface area contributed by atoms with Gasteiger partial charge in [-0.2, -0.15) is 0 Å². The molecule has 2 atom stereocenters. The summed E-state index contributed by atoms with van der Waals surface area (Å²) in [5.41, 5.74) is 1.19. The lowest BCUT2D eigenvalue weighted by Crippen LogP contribution is -2.54. The number of nitrogens with zero attached hydrogens (tertiary/aromatic N) is 2. The SMILES string of the molecule is O=C1C[C@@H](c2ccncc2)C2(CCN(C[C@H]3CCOC3)CC2)N1. The average molecular weight is 315 g/mol. The Labute approximate surface area is 137 Å². The van der Waals surface area contributed by atoms with Crippen LogP contribution < -0.4 is 5.32 Å². The van der Waals surface area contributed by atoms with Crippen LogP contribution in [0.25, 0.3) is 0 Å². The van der Waals surface area contributed by atoms with E-state index in [-0.39, 0.29) is 17.4 Å². The number of ether oxygens (including phenoxy) is 1. The summed E-state index contributed by atoms with van der Waals surface area (Å²) in [5, 5.41) is 3.32. The van der Waals surface area contributed by atoms with Gasteiger partial charge in [-0.3, -0.25) is 9.78 Å². The van der Waals surface area contributed by atoms with Gasteiger partial charge in [-0.05, 0) is 42.9 Å². The molecule has 0 aromatic carbocycles. The second-order valence-corrected chi connectivity index (χ2v) is 7.27. The van der Waals surface area contributed by atoms with Crippen LogP contribution in [0.1, 0.15) is 37.2 Å². The maximum Gasteiger partial charge on any atom is 0.221 e. The van der Waals surface area contributed by atoms with Gasteiger partial charge in [0.25, 0.3) is 0 Å². The second-order valence-electron chi connectivity index (χ2n) is 7.27. The fourth-order valence-corrected chi connectivity index (χ4v) is 4.53. The van der Waals surface area contributed by atoms with E-state index in [0.717, 1.165) is 45.7 Å². The third-order valence-corrected chi connectivity index (χ3v) is 5.84. The summed E-state index contributed by atoms with van der Waals surface area (Å²) in [4.78, 5) is 18.8. The summed E-state index contributed by atoms with van der Waals surface area (Å²) >= 11 is 0. The van der Waals surface area contributed by atoms with Crippen LogP contribution >= 0.6 is 0 Å². The summed E-state index contributed by atoms with van der Waals surface area (Å²) < 4.78 is 5.49. The summed E-state index contributed by atoms with van der Waals surface area (Å²) in [6, 6.07) is 4.13. The number of piperidine rings is 1. The van der Waals surface area contributed by atoms with Crippen molar-refractivity contribution in [2.75, 3.05) is 32.8 Å². The van der Waals surface area contributed by atoms with Gasteiger partial charge >= 0.3 is 0 Å². The van der Waals surface area contributed by atoms with Crippen molar-refractivity contribution in [1.29, 1.82) is 0 Å². The highest BCUT2D eigenvalue weighted by molar-refractivity contribution is 5.81. The van der Waals surface area contributed by atoms with Gasteiger partial charge in [-0.25, -0.2) is 0 Å². The summed E-state index contributed by atoms with van der Waals surface area (Å²) in [7, 11) is 0. The molecule has 0 aliphatic carbocycles. The van der Waals surface area contributed by atoms with Gasteiger partial charge in [-0.15, -0.1) is 0 Å². The molecule has 5 nitrogen and oxygen atoms in total. The number of carbonyl (C=O) groups is 1. The van der Waals surface area contributed by atoms with Gasteiger partial charge in [0.05, 0.1) is 6.61 Å².